The van der Waals surface area contributed by atoms with E-state index in [0.717, 1.165) is 0 Å². The van der Waals surface area contributed by atoms with Crippen LogP contribution in [0.5, 0.6) is 0 Å². The van der Waals surface area contributed by atoms with Crippen LogP contribution in [0.2, 0.25) is 0 Å². The third kappa shape index (κ3) is 2.20. The van der Waals surface area contributed by atoms with Gasteiger partial charge in [-0.25, -0.2) is 23.7 Å². The quantitative estimate of drug-likeness (QED) is 0.764. The summed E-state index contributed by atoms with van der Waals surface area (Å²) >= 11 is 0. The molecule has 0 fully saturated rings. The van der Waals surface area contributed by atoms with E-state index in [9.17, 15) is 8.78 Å². The molecule has 0 amide bonds. The highest BCUT2D eigenvalue weighted by atomic mass is 19.3. The third-order valence-electron chi connectivity index (χ3n) is 2.81. The van der Waals surface area contributed by atoms with Crippen molar-refractivity contribution in [2.45, 2.75) is 5.92 Å². The standard InChI is InChI=1S/C12H11F2N5O/c13-12(14)4-17-11(20-5-12)10-18-8-2-1-6(15)3-7(8)9(16)19-10/h1-3H,4-5,15H2,(H2,16,18,19). The molecule has 0 saturated carbocycles. The number of nitrogens with two attached hydrogens (primary N) is 2. The van der Waals surface area contributed by atoms with Crippen LogP contribution in [0.4, 0.5) is 20.3 Å². The van der Waals surface area contributed by atoms with Gasteiger partial charge in [0.1, 0.15) is 12.4 Å². The van der Waals surface area contributed by atoms with Crippen molar-refractivity contribution in [1.29, 1.82) is 0 Å². The number of hydrogen-bond donors (Lipinski definition) is 2. The Balaban J connectivity index is 2.06. The molecule has 4 N–H and O–H groups in total. The lowest BCUT2D eigenvalue weighted by molar-refractivity contribution is -0.0454. The topological polar surface area (TPSA) is 99.4 Å². The SMILES string of the molecule is Nc1ccc2nc(C3=NCC(F)(F)CO3)nc(N)c2c1. The van der Waals surface area contributed by atoms with Crippen molar-refractivity contribution in [2.24, 2.45) is 4.99 Å². The number of rotatable bonds is 1. The average Bonchev–Trinajstić information content (AvgIpc) is 2.39. The molecule has 2 aromatic rings. The van der Waals surface area contributed by atoms with Crippen molar-refractivity contribution >= 4 is 28.3 Å². The number of halogens is 2. The van der Waals surface area contributed by atoms with Gasteiger partial charge in [0.2, 0.25) is 5.82 Å². The van der Waals surface area contributed by atoms with Crippen LogP contribution < -0.4 is 11.5 Å². The fourth-order valence-corrected chi connectivity index (χ4v) is 1.85. The first-order valence-electron chi connectivity index (χ1n) is 5.83. The van der Waals surface area contributed by atoms with Crippen LogP contribution in [0.15, 0.2) is 23.2 Å². The second-order valence-electron chi connectivity index (χ2n) is 4.48. The Kier molecular flexibility index (Phi) is 2.66. The number of aliphatic imine (C=N–C) groups is 1. The summed E-state index contributed by atoms with van der Waals surface area (Å²) < 4.78 is 30.8. The second-order valence-corrected chi connectivity index (χ2v) is 4.48. The molecule has 0 atom stereocenters. The predicted octanol–water partition coefficient (Wildman–Crippen LogP) is 1.21. The van der Waals surface area contributed by atoms with Gasteiger partial charge >= 0.3 is 5.92 Å². The van der Waals surface area contributed by atoms with Gasteiger partial charge in [-0.05, 0) is 18.2 Å². The van der Waals surface area contributed by atoms with Crippen LogP contribution in [0.25, 0.3) is 10.9 Å². The minimum atomic E-state index is -2.96. The first-order chi connectivity index (χ1) is 9.44. The van der Waals surface area contributed by atoms with Gasteiger partial charge in [0.05, 0.1) is 5.52 Å². The van der Waals surface area contributed by atoms with Crippen molar-refractivity contribution in [3.63, 3.8) is 0 Å². The molecule has 1 aromatic heterocycles. The highest BCUT2D eigenvalue weighted by molar-refractivity contribution is 5.97. The van der Waals surface area contributed by atoms with Gasteiger partial charge in [-0.2, -0.15) is 0 Å². The molecule has 0 spiro atoms. The molecule has 6 nitrogen and oxygen atoms in total. The molecule has 1 aliphatic heterocycles. The smallest absolute Gasteiger partial charge is 0.300 e. The summed E-state index contributed by atoms with van der Waals surface area (Å²) in [5.74, 6) is -2.70. The van der Waals surface area contributed by atoms with Gasteiger partial charge in [-0.15, -0.1) is 0 Å². The zero-order valence-corrected chi connectivity index (χ0v) is 10.3. The van der Waals surface area contributed by atoms with Crippen LogP contribution in [-0.2, 0) is 4.74 Å². The van der Waals surface area contributed by atoms with Gasteiger partial charge in [-0.1, -0.05) is 0 Å². The Morgan fingerprint density at radius 3 is 2.70 bits per heavy atom. The van der Waals surface area contributed by atoms with E-state index in [2.05, 4.69) is 15.0 Å². The molecule has 1 aromatic carbocycles. The van der Waals surface area contributed by atoms with Crippen LogP contribution in [0.1, 0.15) is 5.82 Å². The minimum absolute atomic E-state index is 0.0265. The molecule has 0 saturated heterocycles. The molecule has 3 rings (SSSR count). The van der Waals surface area contributed by atoms with E-state index in [-0.39, 0.29) is 17.5 Å². The number of anilines is 2. The van der Waals surface area contributed by atoms with Crippen LogP contribution in [0.3, 0.4) is 0 Å². The van der Waals surface area contributed by atoms with E-state index in [1.807, 2.05) is 0 Å². The van der Waals surface area contributed by atoms with E-state index in [0.29, 0.717) is 16.6 Å². The summed E-state index contributed by atoms with van der Waals surface area (Å²) in [5, 5.41) is 0.593. The van der Waals surface area contributed by atoms with E-state index in [1.165, 1.54) is 0 Å². The number of fused-ring (bicyclic) bond motifs is 1. The van der Waals surface area contributed by atoms with Crippen LogP contribution >= 0.6 is 0 Å². The summed E-state index contributed by atoms with van der Waals surface area (Å²) in [4.78, 5) is 11.9. The van der Waals surface area contributed by atoms with E-state index < -0.39 is 19.1 Å². The Bertz CT molecular complexity index is 716. The fourth-order valence-electron chi connectivity index (χ4n) is 1.85. The van der Waals surface area contributed by atoms with E-state index in [1.54, 1.807) is 18.2 Å². The Morgan fingerprint density at radius 1 is 1.20 bits per heavy atom. The summed E-state index contributed by atoms with van der Waals surface area (Å²) in [6.07, 6.45) is 0. The number of alkyl halides is 2. The molecule has 1 aliphatic rings. The van der Waals surface area contributed by atoms with Crippen molar-refractivity contribution in [2.75, 3.05) is 24.6 Å². The zero-order chi connectivity index (χ0) is 14.3. The van der Waals surface area contributed by atoms with Gasteiger partial charge in [-0.3, -0.25) is 0 Å². The Morgan fingerprint density at radius 2 is 2.00 bits per heavy atom. The maximum Gasteiger partial charge on any atom is 0.300 e. The van der Waals surface area contributed by atoms with Gasteiger partial charge < -0.3 is 16.2 Å². The molecule has 0 unspecified atom stereocenters. The van der Waals surface area contributed by atoms with Crippen molar-refractivity contribution in [3.05, 3.63) is 24.0 Å². The monoisotopic (exact) mass is 279 g/mol. The molecule has 0 radical (unpaired) electrons. The molecule has 0 aliphatic carbocycles. The lowest BCUT2D eigenvalue weighted by Crippen LogP contribution is -2.35. The average molecular weight is 279 g/mol. The summed E-state index contributed by atoms with van der Waals surface area (Å²) in [5.41, 5.74) is 12.6. The van der Waals surface area contributed by atoms with Crippen LogP contribution in [-0.4, -0.2) is 34.9 Å². The number of hydrogen-bond acceptors (Lipinski definition) is 6. The lowest BCUT2D eigenvalue weighted by Gasteiger charge is -2.20. The van der Waals surface area contributed by atoms with Crippen molar-refractivity contribution in [3.8, 4) is 0 Å². The number of benzene rings is 1. The fraction of sp³-hybridized carbons (Fsp3) is 0.250. The zero-order valence-electron chi connectivity index (χ0n) is 10.3. The molecule has 8 heteroatoms. The summed E-state index contributed by atoms with van der Waals surface area (Å²) in [6.45, 7) is -1.39. The van der Waals surface area contributed by atoms with E-state index >= 15 is 0 Å². The van der Waals surface area contributed by atoms with Gasteiger partial charge in [0, 0.05) is 11.1 Å². The van der Waals surface area contributed by atoms with E-state index in [4.69, 9.17) is 16.2 Å². The normalized spacial score (nSPS) is 17.6. The molecule has 20 heavy (non-hydrogen) atoms. The lowest BCUT2D eigenvalue weighted by atomic mass is 10.2. The third-order valence-corrected chi connectivity index (χ3v) is 2.81. The molecular weight excluding hydrogens is 268 g/mol. The Labute approximate surface area is 112 Å². The number of ether oxygens (including phenoxy) is 1. The summed E-state index contributed by atoms with van der Waals surface area (Å²) in [6, 6.07) is 4.98. The highest BCUT2D eigenvalue weighted by Gasteiger charge is 2.35. The second kappa shape index (κ2) is 4.26. The minimum Gasteiger partial charge on any atom is -0.469 e. The number of aromatic nitrogens is 2. The predicted molar refractivity (Wildman–Crippen MR) is 70.7 cm³/mol. The Hall–Kier alpha value is -2.51. The molecule has 2 heterocycles. The largest absolute Gasteiger partial charge is 0.469 e. The number of nitrogens with zero attached hydrogens (tertiary/aromatic N) is 3. The highest BCUT2D eigenvalue weighted by Crippen LogP contribution is 2.23. The van der Waals surface area contributed by atoms with Gasteiger partial charge in [0.15, 0.2) is 6.61 Å². The maximum absolute atomic E-state index is 13.0. The molecule has 0 bridgehead atoms. The molecular formula is C12H11F2N5O. The van der Waals surface area contributed by atoms with Gasteiger partial charge in [0.25, 0.3) is 5.90 Å². The first-order valence-corrected chi connectivity index (χ1v) is 5.83. The first kappa shape index (κ1) is 12.5. The maximum atomic E-state index is 13.0. The van der Waals surface area contributed by atoms with Crippen LogP contribution in [0, 0.1) is 0 Å². The number of nitrogen functional groups attached to an aromatic ring is 2. The molecule has 104 valence electrons. The summed E-state index contributed by atoms with van der Waals surface area (Å²) in [7, 11) is 0. The van der Waals surface area contributed by atoms with Crippen molar-refractivity contribution < 1.29 is 13.5 Å². The van der Waals surface area contributed by atoms with Crippen molar-refractivity contribution in [1.82, 2.24) is 9.97 Å².